The molecule has 0 saturated carbocycles. The summed E-state index contributed by atoms with van der Waals surface area (Å²) in [5.74, 6) is 1.44. The highest BCUT2D eigenvalue weighted by atomic mass is 32.2. The molecule has 5 nitrogen and oxygen atoms in total. The first-order valence-corrected chi connectivity index (χ1v) is 10.8. The van der Waals surface area contributed by atoms with E-state index >= 15 is 0 Å². The van der Waals surface area contributed by atoms with Crippen molar-refractivity contribution < 1.29 is 17.9 Å². The standard InChI is InChI=1S/C21H27NO4S/c1-14(2)21(17-7-9-19-20(13-17)26-11-5-10-25-19)22-27(23,24)18-8-6-15(3)16(4)12-18/h6-9,12-14,21-22H,5,10-11H2,1-4H3/t21-/m1/s1. The molecule has 1 aliphatic heterocycles. The predicted octanol–water partition coefficient (Wildman–Crippen LogP) is 4.14. The molecule has 2 aromatic rings. The van der Waals surface area contributed by atoms with Crippen LogP contribution in [0.5, 0.6) is 11.5 Å². The van der Waals surface area contributed by atoms with Crippen LogP contribution in [0.4, 0.5) is 0 Å². The fourth-order valence-electron chi connectivity index (χ4n) is 3.08. The van der Waals surface area contributed by atoms with Gasteiger partial charge in [0.2, 0.25) is 10.0 Å². The van der Waals surface area contributed by atoms with E-state index in [1.807, 2.05) is 52.0 Å². The Labute approximate surface area is 161 Å². The lowest BCUT2D eigenvalue weighted by Crippen LogP contribution is -2.32. The lowest BCUT2D eigenvalue weighted by molar-refractivity contribution is 0.297. The van der Waals surface area contributed by atoms with E-state index in [2.05, 4.69) is 4.72 Å². The molecule has 1 N–H and O–H groups in total. The summed E-state index contributed by atoms with van der Waals surface area (Å²) in [6, 6.07) is 10.5. The maximum atomic E-state index is 13.0. The largest absolute Gasteiger partial charge is 0.490 e. The molecule has 0 amide bonds. The van der Waals surface area contributed by atoms with Crippen LogP contribution in [-0.2, 0) is 10.0 Å². The second kappa shape index (κ2) is 7.90. The van der Waals surface area contributed by atoms with Gasteiger partial charge in [0.15, 0.2) is 11.5 Å². The van der Waals surface area contributed by atoms with Crippen LogP contribution in [0, 0.1) is 19.8 Å². The smallest absolute Gasteiger partial charge is 0.241 e. The van der Waals surface area contributed by atoms with Gasteiger partial charge >= 0.3 is 0 Å². The summed E-state index contributed by atoms with van der Waals surface area (Å²) < 4.78 is 40.2. The van der Waals surface area contributed by atoms with E-state index in [0.717, 1.165) is 23.1 Å². The Morgan fingerprint density at radius 2 is 1.63 bits per heavy atom. The molecule has 1 heterocycles. The Kier molecular flexibility index (Phi) is 5.77. The molecular weight excluding hydrogens is 362 g/mol. The second-order valence-electron chi connectivity index (χ2n) is 7.35. The minimum Gasteiger partial charge on any atom is -0.490 e. The minimum absolute atomic E-state index is 0.0658. The molecule has 0 radical (unpaired) electrons. The molecule has 1 atom stereocenters. The van der Waals surface area contributed by atoms with Crippen LogP contribution in [0.25, 0.3) is 0 Å². The molecule has 0 aliphatic carbocycles. The third kappa shape index (κ3) is 4.45. The van der Waals surface area contributed by atoms with Crippen LogP contribution < -0.4 is 14.2 Å². The molecule has 0 fully saturated rings. The fourth-order valence-corrected chi connectivity index (χ4v) is 4.54. The van der Waals surface area contributed by atoms with Gasteiger partial charge in [0.05, 0.1) is 18.1 Å². The van der Waals surface area contributed by atoms with E-state index in [9.17, 15) is 8.42 Å². The van der Waals surface area contributed by atoms with Crippen molar-refractivity contribution in [1.82, 2.24) is 4.72 Å². The van der Waals surface area contributed by atoms with Crippen molar-refractivity contribution in [3.05, 3.63) is 53.1 Å². The molecule has 0 saturated heterocycles. The number of nitrogens with one attached hydrogen (secondary N) is 1. The van der Waals surface area contributed by atoms with Crippen molar-refractivity contribution >= 4 is 10.0 Å². The third-order valence-corrected chi connectivity index (χ3v) is 6.31. The summed E-state index contributed by atoms with van der Waals surface area (Å²) in [5.41, 5.74) is 2.88. The Hall–Kier alpha value is -2.05. The van der Waals surface area contributed by atoms with Crippen molar-refractivity contribution in [1.29, 1.82) is 0 Å². The molecular formula is C21H27NO4S. The second-order valence-corrected chi connectivity index (χ2v) is 9.06. The van der Waals surface area contributed by atoms with Crippen molar-refractivity contribution in [3.8, 4) is 11.5 Å². The quantitative estimate of drug-likeness (QED) is 0.835. The van der Waals surface area contributed by atoms with E-state index in [0.29, 0.717) is 24.7 Å². The molecule has 6 heteroatoms. The average molecular weight is 390 g/mol. The van der Waals surface area contributed by atoms with E-state index in [4.69, 9.17) is 9.47 Å². The molecule has 1 aliphatic rings. The number of fused-ring (bicyclic) bond motifs is 1. The predicted molar refractivity (Wildman–Crippen MR) is 106 cm³/mol. The lowest BCUT2D eigenvalue weighted by Gasteiger charge is -2.24. The van der Waals surface area contributed by atoms with Gasteiger partial charge in [0.1, 0.15) is 0 Å². The molecule has 0 bridgehead atoms. The molecule has 146 valence electrons. The maximum absolute atomic E-state index is 13.0. The van der Waals surface area contributed by atoms with Crippen LogP contribution in [0.2, 0.25) is 0 Å². The summed E-state index contributed by atoms with van der Waals surface area (Å²) >= 11 is 0. The third-order valence-electron chi connectivity index (χ3n) is 4.87. The average Bonchev–Trinajstić information content (AvgIpc) is 2.86. The number of hydrogen-bond acceptors (Lipinski definition) is 4. The zero-order chi connectivity index (χ0) is 19.6. The van der Waals surface area contributed by atoms with Crippen LogP contribution in [0.3, 0.4) is 0 Å². The summed E-state index contributed by atoms with van der Waals surface area (Å²) in [7, 11) is -3.64. The number of hydrogen-bond donors (Lipinski definition) is 1. The van der Waals surface area contributed by atoms with Crippen LogP contribution in [0.1, 0.15) is 43.0 Å². The minimum atomic E-state index is -3.64. The van der Waals surface area contributed by atoms with Crippen LogP contribution in [0.15, 0.2) is 41.3 Å². The monoisotopic (exact) mass is 389 g/mol. The van der Waals surface area contributed by atoms with Gasteiger partial charge in [-0.3, -0.25) is 0 Å². The van der Waals surface area contributed by atoms with Crippen molar-refractivity contribution in [2.45, 2.75) is 45.1 Å². The lowest BCUT2D eigenvalue weighted by atomic mass is 9.97. The van der Waals surface area contributed by atoms with Gasteiger partial charge in [-0.25, -0.2) is 13.1 Å². The van der Waals surface area contributed by atoms with Gasteiger partial charge in [0.25, 0.3) is 0 Å². The molecule has 0 aromatic heterocycles. The number of ether oxygens (including phenoxy) is 2. The Morgan fingerprint density at radius 1 is 0.926 bits per heavy atom. The zero-order valence-electron chi connectivity index (χ0n) is 16.3. The highest BCUT2D eigenvalue weighted by Crippen LogP contribution is 2.34. The number of aryl methyl sites for hydroxylation is 2. The summed E-state index contributed by atoms with van der Waals surface area (Å²) in [5, 5.41) is 0. The highest BCUT2D eigenvalue weighted by Gasteiger charge is 2.25. The number of rotatable bonds is 5. The SMILES string of the molecule is Cc1ccc(S(=O)(=O)N[C@@H](c2ccc3c(c2)OCCCO3)C(C)C)cc1C. The topological polar surface area (TPSA) is 64.6 Å². The molecule has 2 aromatic carbocycles. The van der Waals surface area contributed by atoms with Gasteiger partial charge in [-0.15, -0.1) is 0 Å². The molecule has 0 unspecified atom stereocenters. The summed E-state index contributed by atoms with van der Waals surface area (Å²) in [6.45, 7) is 9.09. The van der Waals surface area contributed by atoms with Gasteiger partial charge in [0, 0.05) is 12.5 Å². The molecule has 3 rings (SSSR count). The van der Waals surface area contributed by atoms with Gasteiger partial charge < -0.3 is 9.47 Å². The number of benzene rings is 2. The first-order chi connectivity index (χ1) is 12.8. The first-order valence-electron chi connectivity index (χ1n) is 9.27. The van der Waals surface area contributed by atoms with E-state index in [-0.39, 0.29) is 16.9 Å². The van der Waals surface area contributed by atoms with E-state index in [1.165, 1.54) is 0 Å². The van der Waals surface area contributed by atoms with Crippen molar-refractivity contribution in [3.63, 3.8) is 0 Å². The number of sulfonamides is 1. The van der Waals surface area contributed by atoms with Crippen molar-refractivity contribution in [2.75, 3.05) is 13.2 Å². The van der Waals surface area contributed by atoms with Crippen LogP contribution in [-0.4, -0.2) is 21.6 Å². The van der Waals surface area contributed by atoms with Gasteiger partial charge in [-0.1, -0.05) is 26.0 Å². The first kappa shape index (κ1) is 19.7. The van der Waals surface area contributed by atoms with Crippen LogP contribution >= 0.6 is 0 Å². The summed E-state index contributed by atoms with van der Waals surface area (Å²) in [6.07, 6.45) is 0.830. The molecule has 0 spiro atoms. The fraction of sp³-hybridized carbons (Fsp3) is 0.429. The van der Waals surface area contributed by atoms with Gasteiger partial charge in [-0.2, -0.15) is 0 Å². The highest BCUT2D eigenvalue weighted by molar-refractivity contribution is 7.89. The van der Waals surface area contributed by atoms with Crippen molar-refractivity contribution in [2.24, 2.45) is 5.92 Å². The molecule has 27 heavy (non-hydrogen) atoms. The Balaban J connectivity index is 1.92. The maximum Gasteiger partial charge on any atom is 0.241 e. The van der Waals surface area contributed by atoms with E-state index in [1.54, 1.807) is 12.1 Å². The van der Waals surface area contributed by atoms with E-state index < -0.39 is 10.0 Å². The Bertz CT molecular complexity index is 922. The summed E-state index contributed by atoms with van der Waals surface area (Å²) in [4.78, 5) is 0.283. The normalized spacial score (nSPS) is 15.4. The zero-order valence-corrected chi connectivity index (χ0v) is 17.1. The Morgan fingerprint density at radius 3 is 2.30 bits per heavy atom. The van der Waals surface area contributed by atoms with Gasteiger partial charge in [-0.05, 0) is 60.7 Å².